The SMILES string of the molecule is COc1ccc(F)cc1S(=O)(=O)NCC(O)(c1ccoc1)c1cccs1. The summed E-state index contributed by atoms with van der Waals surface area (Å²) in [5, 5.41) is 12.9. The Balaban J connectivity index is 1.94. The first-order valence-electron chi connectivity index (χ1n) is 7.49. The molecule has 0 aliphatic heterocycles. The van der Waals surface area contributed by atoms with Crippen LogP contribution in [0.4, 0.5) is 4.39 Å². The third kappa shape index (κ3) is 3.51. The maximum absolute atomic E-state index is 13.5. The highest BCUT2D eigenvalue weighted by molar-refractivity contribution is 7.89. The molecule has 26 heavy (non-hydrogen) atoms. The van der Waals surface area contributed by atoms with Gasteiger partial charge in [-0.1, -0.05) is 6.07 Å². The van der Waals surface area contributed by atoms with Crippen molar-refractivity contribution in [1.29, 1.82) is 0 Å². The van der Waals surface area contributed by atoms with Crippen molar-refractivity contribution in [2.45, 2.75) is 10.5 Å². The number of methoxy groups -OCH3 is 1. The largest absolute Gasteiger partial charge is 0.495 e. The molecule has 2 N–H and O–H groups in total. The van der Waals surface area contributed by atoms with Crippen molar-refractivity contribution in [3.63, 3.8) is 0 Å². The molecule has 0 aliphatic rings. The third-order valence-corrected chi connectivity index (χ3v) is 6.30. The average molecular weight is 397 g/mol. The fourth-order valence-corrected chi connectivity index (χ4v) is 4.57. The van der Waals surface area contributed by atoms with E-state index in [9.17, 15) is 17.9 Å². The Labute approximate surface area is 153 Å². The lowest BCUT2D eigenvalue weighted by atomic mass is 9.95. The molecule has 0 radical (unpaired) electrons. The van der Waals surface area contributed by atoms with E-state index in [0.29, 0.717) is 10.4 Å². The molecule has 0 amide bonds. The number of furan rings is 1. The van der Waals surface area contributed by atoms with E-state index >= 15 is 0 Å². The number of hydrogen-bond donors (Lipinski definition) is 2. The molecule has 138 valence electrons. The van der Waals surface area contributed by atoms with Gasteiger partial charge in [-0.25, -0.2) is 17.5 Å². The Morgan fingerprint density at radius 2 is 2.15 bits per heavy atom. The van der Waals surface area contributed by atoms with Gasteiger partial charge in [0.1, 0.15) is 22.1 Å². The van der Waals surface area contributed by atoms with Crippen LogP contribution in [0, 0.1) is 5.82 Å². The van der Waals surface area contributed by atoms with Crippen molar-refractivity contribution in [2.24, 2.45) is 0 Å². The van der Waals surface area contributed by atoms with Gasteiger partial charge in [0.05, 0.1) is 19.6 Å². The molecule has 0 aliphatic carbocycles. The molecule has 2 heterocycles. The summed E-state index contributed by atoms with van der Waals surface area (Å²) in [6, 6.07) is 8.18. The summed E-state index contributed by atoms with van der Waals surface area (Å²) in [5.74, 6) is -0.712. The van der Waals surface area contributed by atoms with Gasteiger partial charge in [-0.05, 0) is 35.7 Å². The minimum absolute atomic E-state index is 0.00174. The molecule has 2 aromatic heterocycles. The van der Waals surface area contributed by atoms with Gasteiger partial charge >= 0.3 is 0 Å². The van der Waals surface area contributed by atoms with Gasteiger partial charge in [-0.15, -0.1) is 11.3 Å². The fraction of sp³-hybridized carbons (Fsp3) is 0.176. The lowest BCUT2D eigenvalue weighted by molar-refractivity contribution is 0.0891. The number of nitrogens with one attached hydrogen (secondary N) is 1. The second-order valence-corrected chi connectivity index (χ2v) is 8.15. The highest BCUT2D eigenvalue weighted by Gasteiger charge is 2.36. The van der Waals surface area contributed by atoms with Crippen molar-refractivity contribution in [3.8, 4) is 5.75 Å². The van der Waals surface area contributed by atoms with Crippen molar-refractivity contribution >= 4 is 21.4 Å². The van der Waals surface area contributed by atoms with Crippen LogP contribution in [0.1, 0.15) is 10.4 Å². The van der Waals surface area contributed by atoms with Crippen LogP contribution in [0.5, 0.6) is 5.75 Å². The molecule has 0 saturated heterocycles. The summed E-state index contributed by atoms with van der Waals surface area (Å²) in [6.45, 7) is -0.366. The van der Waals surface area contributed by atoms with E-state index in [1.807, 2.05) is 0 Å². The van der Waals surface area contributed by atoms with Gasteiger partial charge in [-0.3, -0.25) is 0 Å². The Morgan fingerprint density at radius 3 is 2.77 bits per heavy atom. The van der Waals surface area contributed by atoms with Crippen LogP contribution in [0.2, 0.25) is 0 Å². The number of halogens is 1. The summed E-state index contributed by atoms with van der Waals surface area (Å²) >= 11 is 1.27. The van der Waals surface area contributed by atoms with Gasteiger partial charge in [0.2, 0.25) is 10.0 Å². The third-order valence-electron chi connectivity index (χ3n) is 3.86. The van der Waals surface area contributed by atoms with Crippen LogP contribution in [0.25, 0.3) is 0 Å². The van der Waals surface area contributed by atoms with Crippen LogP contribution in [-0.4, -0.2) is 27.2 Å². The quantitative estimate of drug-likeness (QED) is 0.640. The highest BCUT2D eigenvalue weighted by atomic mass is 32.2. The normalized spacial score (nSPS) is 14.1. The number of rotatable bonds is 7. The van der Waals surface area contributed by atoms with Gasteiger partial charge in [0.25, 0.3) is 0 Å². The van der Waals surface area contributed by atoms with E-state index in [0.717, 1.165) is 12.1 Å². The number of ether oxygens (including phenoxy) is 1. The molecule has 0 bridgehead atoms. The molecule has 3 aromatic rings. The number of thiophene rings is 1. The van der Waals surface area contributed by atoms with E-state index in [2.05, 4.69) is 4.72 Å². The molecule has 0 spiro atoms. The zero-order valence-corrected chi connectivity index (χ0v) is 15.3. The van der Waals surface area contributed by atoms with Crippen molar-refractivity contribution < 1.29 is 27.1 Å². The molecule has 1 aromatic carbocycles. The van der Waals surface area contributed by atoms with Crippen molar-refractivity contribution in [3.05, 3.63) is 70.6 Å². The van der Waals surface area contributed by atoms with Crippen molar-refractivity contribution in [1.82, 2.24) is 4.72 Å². The summed E-state index contributed by atoms with van der Waals surface area (Å²) in [6.07, 6.45) is 2.73. The molecule has 1 atom stereocenters. The number of hydrogen-bond acceptors (Lipinski definition) is 6. The molecule has 6 nitrogen and oxygen atoms in total. The number of sulfonamides is 1. The van der Waals surface area contributed by atoms with Crippen LogP contribution in [0.15, 0.2) is 63.6 Å². The first-order valence-corrected chi connectivity index (χ1v) is 9.85. The molecule has 3 rings (SSSR count). The Morgan fingerprint density at radius 1 is 1.35 bits per heavy atom. The van der Waals surface area contributed by atoms with Gasteiger partial charge in [0.15, 0.2) is 0 Å². The van der Waals surface area contributed by atoms with E-state index in [1.54, 1.807) is 23.6 Å². The predicted octanol–water partition coefficient (Wildman–Crippen LogP) is 2.70. The van der Waals surface area contributed by atoms with E-state index < -0.39 is 21.4 Å². The molecule has 1 unspecified atom stereocenters. The zero-order chi connectivity index (χ0) is 18.8. The summed E-state index contributed by atoms with van der Waals surface area (Å²) in [4.78, 5) is 0.188. The second-order valence-electron chi connectivity index (χ2n) is 5.47. The van der Waals surface area contributed by atoms with Gasteiger partial charge in [-0.2, -0.15) is 0 Å². The van der Waals surface area contributed by atoms with Crippen molar-refractivity contribution in [2.75, 3.05) is 13.7 Å². The highest BCUT2D eigenvalue weighted by Crippen LogP contribution is 2.33. The number of aliphatic hydroxyl groups is 1. The molecule has 0 fully saturated rings. The zero-order valence-electron chi connectivity index (χ0n) is 13.7. The second kappa shape index (κ2) is 7.20. The van der Waals surface area contributed by atoms with Crippen LogP contribution >= 0.6 is 11.3 Å². The first kappa shape index (κ1) is 18.6. The standard InChI is InChI=1S/C17H16FNO5S2/c1-23-14-5-4-13(18)9-15(14)26(21,22)19-11-17(20,12-6-7-24-10-12)16-3-2-8-25-16/h2-10,19-20H,11H2,1H3. The maximum atomic E-state index is 13.5. The number of benzene rings is 1. The average Bonchev–Trinajstić information content (AvgIpc) is 3.33. The summed E-state index contributed by atoms with van der Waals surface area (Å²) in [5.41, 5.74) is -1.23. The predicted molar refractivity (Wildman–Crippen MR) is 94.2 cm³/mol. The Bertz CT molecular complexity index is 935. The van der Waals surface area contributed by atoms with Crippen LogP contribution in [0.3, 0.4) is 0 Å². The maximum Gasteiger partial charge on any atom is 0.244 e. The monoisotopic (exact) mass is 397 g/mol. The fourth-order valence-electron chi connectivity index (χ4n) is 2.48. The van der Waals surface area contributed by atoms with E-state index in [1.165, 1.54) is 37.0 Å². The molecule has 0 saturated carbocycles. The van der Waals surface area contributed by atoms with E-state index in [-0.39, 0.29) is 17.2 Å². The minimum atomic E-state index is -4.14. The van der Waals surface area contributed by atoms with E-state index in [4.69, 9.17) is 9.15 Å². The molecular formula is C17H16FNO5S2. The molecular weight excluding hydrogens is 381 g/mol. The lowest BCUT2D eigenvalue weighted by Gasteiger charge is -2.26. The van der Waals surface area contributed by atoms with Crippen LogP contribution < -0.4 is 9.46 Å². The summed E-state index contributed by atoms with van der Waals surface area (Å²) in [7, 11) is -2.85. The Kier molecular flexibility index (Phi) is 5.15. The topological polar surface area (TPSA) is 88.8 Å². The minimum Gasteiger partial charge on any atom is -0.495 e. The van der Waals surface area contributed by atoms with Crippen LogP contribution in [-0.2, 0) is 15.6 Å². The van der Waals surface area contributed by atoms with Gasteiger partial charge < -0.3 is 14.3 Å². The lowest BCUT2D eigenvalue weighted by Crippen LogP contribution is -2.41. The smallest absolute Gasteiger partial charge is 0.244 e. The summed E-state index contributed by atoms with van der Waals surface area (Å²) < 4.78 is 51.2. The molecule has 9 heteroatoms. The first-order chi connectivity index (χ1) is 12.4. The Hall–Kier alpha value is -2.20. The van der Waals surface area contributed by atoms with Gasteiger partial charge in [0, 0.05) is 17.0 Å².